The molecule has 21 heavy (non-hydrogen) atoms. The van der Waals surface area contributed by atoms with E-state index in [-0.39, 0.29) is 11.7 Å². The zero-order valence-corrected chi connectivity index (χ0v) is 13.9. The first-order valence-corrected chi connectivity index (χ1v) is 8.73. The molecule has 1 aliphatic carbocycles. The normalized spacial score (nSPS) is 42.0. The van der Waals surface area contributed by atoms with Crippen LogP contribution in [0.3, 0.4) is 0 Å². The van der Waals surface area contributed by atoms with Crippen LogP contribution in [0, 0.1) is 17.3 Å². The van der Waals surface area contributed by atoms with Crippen LogP contribution in [0.5, 0.6) is 0 Å². The summed E-state index contributed by atoms with van der Waals surface area (Å²) in [4.78, 5) is 2.50. The molecule has 3 heteroatoms. The van der Waals surface area contributed by atoms with E-state index in [1.54, 1.807) is 0 Å². The van der Waals surface area contributed by atoms with Gasteiger partial charge in [-0.25, -0.2) is 0 Å². The Labute approximate surface area is 129 Å². The van der Waals surface area contributed by atoms with Gasteiger partial charge in [0, 0.05) is 12.0 Å². The fourth-order valence-electron chi connectivity index (χ4n) is 4.39. The lowest BCUT2D eigenvalue weighted by atomic mass is 9.63. The molecule has 0 aromatic rings. The monoisotopic (exact) mass is 293 g/mol. The topological polar surface area (TPSA) is 21.7 Å². The highest BCUT2D eigenvalue weighted by molar-refractivity contribution is 5.13. The number of rotatable bonds is 2. The van der Waals surface area contributed by atoms with E-state index in [0.29, 0.717) is 11.8 Å². The summed E-state index contributed by atoms with van der Waals surface area (Å²) in [5.41, 5.74) is 1.72. The third kappa shape index (κ3) is 3.20. The van der Waals surface area contributed by atoms with Gasteiger partial charge in [-0.05, 0) is 51.1 Å². The van der Waals surface area contributed by atoms with E-state index in [4.69, 9.17) is 9.47 Å². The van der Waals surface area contributed by atoms with Crippen LogP contribution in [-0.4, -0.2) is 44.0 Å². The molecule has 2 aliphatic heterocycles. The van der Waals surface area contributed by atoms with Crippen molar-refractivity contribution in [2.45, 2.75) is 52.7 Å². The smallest absolute Gasteiger partial charge is 0.170 e. The number of hydrogen-bond donors (Lipinski definition) is 0. The van der Waals surface area contributed by atoms with Gasteiger partial charge in [-0.2, -0.15) is 0 Å². The number of ether oxygens (including phenoxy) is 2. The predicted molar refractivity (Wildman–Crippen MR) is 85.1 cm³/mol. The summed E-state index contributed by atoms with van der Waals surface area (Å²) >= 11 is 0. The molecule has 0 unspecified atom stereocenters. The Balaban J connectivity index is 1.56. The average Bonchev–Trinajstić information content (AvgIpc) is 2.47. The Morgan fingerprint density at radius 2 is 1.81 bits per heavy atom. The third-order valence-electron chi connectivity index (χ3n) is 5.98. The molecule has 0 aromatic heterocycles. The molecular weight excluding hydrogens is 262 g/mol. The van der Waals surface area contributed by atoms with E-state index in [9.17, 15) is 0 Å². The van der Waals surface area contributed by atoms with Gasteiger partial charge in [0.1, 0.15) is 0 Å². The molecule has 0 bridgehead atoms. The zero-order chi connectivity index (χ0) is 14.9. The van der Waals surface area contributed by atoms with Gasteiger partial charge >= 0.3 is 0 Å². The van der Waals surface area contributed by atoms with Crippen molar-refractivity contribution in [1.29, 1.82) is 0 Å². The molecule has 120 valence electrons. The molecule has 0 radical (unpaired) electrons. The van der Waals surface area contributed by atoms with Crippen molar-refractivity contribution in [3.8, 4) is 0 Å². The molecule has 2 fully saturated rings. The first-order chi connectivity index (χ1) is 10.1. The highest BCUT2D eigenvalue weighted by Gasteiger charge is 2.46. The fourth-order valence-corrected chi connectivity index (χ4v) is 4.39. The molecule has 0 saturated carbocycles. The van der Waals surface area contributed by atoms with Crippen LogP contribution < -0.4 is 0 Å². The molecule has 3 rings (SSSR count). The van der Waals surface area contributed by atoms with Crippen LogP contribution in [0.2, 0.25) is 0 Å². The summed E-state index contributed by atoms with van der Waals surface area (Å²) in [6, 6.07) is 0. The van der Waals surface area contributed by atoms with Crippen molar-refractivity contribution in [1.82, 2.24) is 4.90 Å². The van der Waals surface area contributed by atoms with Crippen molar-refractivity contribution in [2.75, 3.05) is 32.8 Å². The minimum absolute atomic E-state index is 0.0138. The second-order valence-electron chi connectivity index (χ2n) is 7.55. The van der Waals surface area contributed by atoms with Crippen molar-refractivity contribution in [3.05, 3.63) is 11.6 Å². The molecular formula is C18H31NO2. The van der Waals surface area contributed by atoms with Gasteiger partial charge in [0.15, 0.2) is 6.29 Å². The highest BCUT2D eigenvalue weighted by Crippen LogP contribution is 2.46. The summed E-state index contributed by atoms with van der Waals surface area (Å²) in [6.45, 7) is 12.0. The summed E-state index contributed by atoms with van der Waals surface area (Å²) in [5, 5.41) is 0. The Kier molecular flexibility index (Phi) is 4.72. The van der Waals surface area contributed by atoms with Crippen LogP contribution in [0.15, 0.2) is 11.6 Å². The van der Waals surface area contributed by atoms with Gasteiger partial charge in [-0.1, -0.05) is 31.9 Å². The van der Waals surface area contributed by atoms with Gasteiger partial charge in [-0.15, -0.1) is 0 Å². The predicted octanol–water partition coefficient (Wildman–Crippen LogP) is 3.45. The maximum atomic E-state index is 6.16. The van der Waals surface area contributed by atoms with Crippen LogP contribution in [0.25, 0.3) is 0 Å². The SMILES string of the molecule is CC1=C[C@H](C)C2(COC(CN3CCCCC3)OC2)[C@H](C)C1. The van der Waals surface area contributed by atoms with E-state index in [0.717, 1.165) is 19.8 Å². The third-order valence-corrected chi connectivity index (χ3v) is 5.98. The van der Waals surface area contributed by atoms with Crippen LogP contribution in [0.4, 0.5) is 0 Å². The summed E-state index contributed by atoms with van der Waals surface area (Å²) in [5.74, 6) is 1.20. The molecule has 0 aromatic carbocycles. The number of hydrogen-bond acceptors (Lipinski definition) is 3. The van der Waals surface area contributed by atoms with Crippen molar-refractivity contribution < 1.29 is 9.47 Å². The molecule has 3 nitrogen and oxygen atoms in total. The van der Waals surface area contributed by atoms with Gasteiger partial charge in [0.2, 0.25) is 0 Å². The molecule has 0 N–H and O–H groups in total. The molecule has 1 spiro atoms. The van der Waals surface area contributed by atoms with Gasteiger partial charge < -0.3 is 9.47 Å². The number of piperidine rings is 1. The van der Waals surface area contributed by atoms with Gasteiger partial charge in [0.05, 0.1) is 13.2 Å². The summed E-state index contributed by atoms with van der Waals surface area (Å²) in [7, 11) is 0. The van der Waals surface area contributed by atoms with Crippen LogP contribution >= 0.6 is 0 Å². The number of nitrogens with zero attached hydrogens (tertiary/aromatic N) is 1. The lowest BCUT2D eigenvalue weighted by molar-refractivity contribution is -0.254. The molecule has 0 amide bonds. The summed E-state index contributed by atoms with van der Waals surface area (Å²) < 4.78 is 12.3. The van der Waals surface area contributed by atoms with E-state index < -0.39 is 0 Å². The number of allylic oxidation sites excluding steroid dienone is 2. The van der Waals surface area contributed by atoms with Gasteiger partial charge in [0.25, 0.3) is 0 Å². The Morgan fingerprint density at radius 1 is 1.14 bits per heavy atom. The standard InChI is InChI=1S/C18H31NO2/c1-14-9-15(2)18(16(3)10-14)12-20-17(21-13-18)11-19-7-5-4-6-8-19/h9,15-17H,4-8,10-13H2,1-3H3/t15-,16+,17?,18?/m0/s1. The largest absolute Gasteiger partial charge is 0.351 e. The number of likely N-dealkylation sites (tertiary alicyclic amines) is 1. The van der Waals surface area contributed by atoms with E-state index in [1.807, 2.05) is 0 Å². The molecule has 2 heterocycles. The summed E-state index contributed by atoms with van der Waals surface area (Å²) in [6.07, 6.45) is 7.64. The maximum Gasteiger partial charge on any atom is 0.170 e. The Morgan fingerprint density at radius 3 is 2.43 bits per heavy atom. The quantitative estimate of drug-likeness (QED) is 0.728. The zero-order valence-electron chi connectivity index (χ0n) is 13.9. The molecule has 2 atom stereocenters. The fraction of sp³-hybridized carbons (Fsp3) is 0.889. The maximum absolute atomic E-state index is 6.16. The Bertz CT molecular complexity index is 379. The van der Waals surface area contributed by atoms with Crippen molar-refractivity contribution in [3.63, 3.8) is 0 Å². The van der Waals surface area contributed by atoms with Crippen molar-refractivity contribution in [2.24, 2.45) is 17.3 Å². The van der Waals surface area contributed by atoms with E-state index in [2.05, 4.69) is 31.7 Å². The minimum atomic E-state index is -0.0138. The van der Waals surface area contributed by atoms with Crippen molar-refractivity contribution >= 4 is 0 Å². The second-order valence-corrected chi connectivity index (χ2v) is 7.55. The van der Waals surface area contributed by atoms with Crippen LogP contribution in [0.1, 0.15) is 46.5 Å². The van der Waals surface area contributed by atoms with Gasteiger partial charge in [-0.3, -0.25) is 4.90 Å². The second kappa shape index (κ2) is 6.39. The van der Waals surface area contributed by atoms with Crippen LogP contribution in [-0.2, 0) is 9.47 Å². The minimum Gasteiger partial charge on any atom is -0.351 e. The Hall–Kier alpha value is -0.380. The molecule has 3 aliphatic rings. The van der Waals surface area contributed by atoms with E-state index >= 15 is 0 Å². The van der Waals surface area contributed by atoms with E-state index in [1.165, 1.54) is 44.3 Å². The average molecular weight is 293 g/mol. The first kappa shape index (κ1) is 15.5. The highest BCUT2D eigenvalue weighted by atomic mass is 16.7. The first-order valence-electron chi connectivity index (χ1n) is 8.73. The lowest BCUT2D eigenvalue weighted by Gasteiger charge is -2.50. The molecule has 2 saturated heterocycles. The lowest BCUT2D eigenvalue weighted by Crippen LogP contribution is -2.53.